The summed E-state index contributed by atoms with van der Waals surface area (Å²) in [6, 6.07) is 8.79. The Morgan fingerprint density at radius 1 is 1.47 bits per heavy atom. The second-order valence-corrected chi connectivity index (χ2v) is 4.55. The van der Waals surface area contributed by atoms with Crippen LogP contribution in [0.5, 0.6) is 0 Å². The summed E-state index contributed by atoms with van der Waals surface area (Å²) in [7, 11) is 2.10. The van der Waals surface area contributed by atoms with Gasteiger partial charge in [-0.2, -0.15) is 0 Å². The van der Waals surface area contributed by atoms with Crippen molar-refractivity contribution in [2.45, 2.75) is 19.5 Å². The molecule has 0 heterocycles. The van der Waals surface area contributed by atoms with Gasteiger partial charge in [-0.1, -0.05) is 28.1 Å². The van der Waals surface area contributed by atoms with Crippen molar-refractivity contribution in [2.75, 3.05) is 13.6 Å². The van der Waals surface area contributed by atoms with Gasteiger partial charge in [0.15, 0.2) is 0 Å². The van der Waals surface area contributed by atoms with E-state index in [0.29, 0.717) is 12.6 Å². The molecule has 0 radical (unpaired) electrons. The standard InChI is InChI=1S/C11H17BrN2.ClH/c1-9(7-13)14(2)8-10-4-3-5-11(12)6-10;/h3-6,9H,7-8,13H2,1-2H3;1H. The number of nitrogens with two attached hydrogens (primary N) is 1. The van der Waals surface area contributed by atoms with Crippen LogP contribution >= 0.6 is 28.3 Å². The fourth-order valence-electron chi connectivity index (χ4n) is 1.26. The Bertz CT molecular complexity index is 294. The molecule has 1 unspecified atom stereocenters. The molecule has 4 heteroatoms. The van der Waals surface area contributed by atoms with Crippen LogP contribution in [0, 0.1) is 0 Å². The highest BCUT2D eigenvalue weighted by atomic mass is 79.9. The molecule has 0 aliphatic carbocycles. The second-order valence-electron chi connectivity index (χ2n) is 3.63. The lowest BCUT2D eigenvalue weighted by molar-refractivity contribution is 0.255. The zero-order valence-electron chi connectivity index (χ0n) is 9.11. The maximum atomic E-state index is 5.61. The van der Waals surface area contributed by atoms with Crippen LogP contribution in [-0.2, 0) is 6.54 Å². The third-order valence-corrected chi connectivity index (χ3v) is 2.91. The molecular formula is C11H18BrClN2. The molecule has 0 fully saturated rings. The molecule has 0 amide bonds. The van der Waals surface area contributed by atoms with E-state index in [1.807, 2.05) is 6.07 Å². The number of hydrogen-bond acceptors (Lipinski definition) is 2. The number of likely N-dealkylation sites (N-methyl/N-ethyl adjacent to an activating group) is 1. The molecule has 2 N–H and O–H groups in total. The van der Waals surface area contributed by atoms with E-state index in [1.165, 1.54) is 5.56 Å². The van der Waals surface area contributed by atoms with E-state index in [4.69, 9.17) is 5.73 Å². The fourth-order valence-corrected chi connectivity index (χ4v) is 1.71. The van der Waals surface area contributed by atoms with Crippen molar-refractivity contribution in [3.05, 3.63) is 34.3 Å². The number of nitrogens with zero attached hydrogens (tertiary/aromatic N) is 1. The van der Waals surface area contributed by atoms with Gasteiger partial charge < -0.3 is 5.73 Å². The molecule has 0 saturated carbocycles. The van der Waals surface area contributed by atoms with Crippen LogP contribution in [0.2, 0.25) is 0 Å². The van der Waals surface area contributed by atoms with E-state index in [2.05, 4.69) is 53.0 Å². The minimum absolute atomic E-state index is 0. The molecule has 1 rings (SSSR count). The number of hydrogen-bond donors (Lipinski definition) is 1. The van der Waals surface area contributed by atoms with E-state index in [0.717, 1.165) is 11.0 Å². The van der Waals surface area contributed by atoms with E-state index in [9.17, 15) is 0 Å². The monoisotopic (exact) mass is 292 g/mol. The highest BCUT2D eigenvalue weighted by Crippen LogP contribution is 2.13. The summed E-state index contributed by atoms with van der Waals surface area (Å²) >= 11 is 3.46. The summed E-state index contributed by atoms with van der Waals surface area (Å²) in [5.41, 5.74) is 6.91. The molecule has 0 aliphatic heterocycles. The molecule has 1 atom stereocenters. The Kier molecular flexibility index (Phi) is 7.18. The highest BCUT2D eigenvalue weighted by Gasteiger charge is 2.07. The summed E-state index contributed by atoms with van der Waals surface area (Å²) in [6.45, 7) is 3.78. The zero-order chi connectivity index (χ0) is 10.6. The van der Waals surface area contributed by atoms with E-state index >= 15 is 0 Å². The van der Waals surface area contributed by atoms with Crippen LogP contribution in [0.3, 0.4) is 0 Å². The highest BCUT2D eigenvalue weighted by molar-refractivity contribution is 9.10. The Balaban J connectivity index is 0.00000196. The molecule has 0 spiro atoms. The SMILES string of the molecule is CC(CN)N(C)Cc1cccc(Br)c1.Cl. The van der Waals surface area contributed by atoms with Gasteiger partial charge in [0.05, 0.1) is 0 Å². The number of halogens is 2. The van der Waals surface area contributed by atoms with Crippen molar-refractivity contribution in [1.82, 2.24) is 4.90 Å². The van der Waals surface area contributed by atoms with Crippen LogP contribution in [0.4, 0.5) is 0 Å². The summed E-state index contributed by atoms with van der Waals surface area (Å²) < 4.78 is 1.13. The van der Waals surface area contributed by atoms with Gasteiger partial charge in [-0.05, 0) is 31.7 Å². The minimum atomic E-state index is 0. The fraction of sp³-hybridized carbons (Fsp3) is 0.455. The molecule has 0 aromatic heterocycles. The number of benzene rings is 1. The zero-order valence-corrected chi connectivity index (χ0v) is 11.5. The summed E-state index contributed by atoms with van der Waals surface area (Å²) in [5, 5.41) is 0. The first-order chi connectivity index (χ1) is 6.63. The Hall–Kier alpha value is -0.0900. The Labute approximate surface area is 106 Å². The van der Waals surface area contributed by atoms with E-state index < -0.39 is 0 Å². The number of rotatable bonds is 4. The van der Waals surface area contributed by atoms with Crippen molar-refractivity contribution < 1.29 is 0 Å². The van der Waals surface area contributed by atoms with E-state index in [1.54, 1.807) is 0 Å². The maximum Gasteiger partial charge on any atom is 0.0234 e. The summed E-state index contributed by atoms with van der Waals surface area (Å²) in [4.78, 5) is 2.25. The summed E-state index contributed by atoms with van der Waals surface area (Å²) in [6.07, 6.45) is 0. The van der Waals surface area contributed by atoms with Crippen molar-refractivity contribution in [2.24, 2.45) is 5.73 Å². The average molecular weight is 294 g/mol. The Morgan fingerprint density at radius 3 is 2.67 bits per heavy atom. The molecule has 1 aromatic rings. The second kappa shape index (κ2) is 7.23. The predicted octanol–water partition coefficient (Wildman–Crippen LogP) is 2.65. The van der Waals surface area contributed by atoms with Crippen molar-refractivity contribution >= 4 is 28.3 Å². The molecule has 15 heavy (non-hydrogen) atoms. The minimum Gasteiger partial charge on any atom is -0.329 e. The van der Waals surface area contributed by atoms with Gasteiger partial charge in [0.2, 0.25) is 0 Å². The lowest BCUT2D eigenvalue weighted by Crippen LogP contribution is -2.34. The van der Waals surface area contributed by atoms with E-state index in [-0.39, 0.29) is 12.4 Å². The third-order valence-electron chi connectivity index (χ3n) is 2.41. The normalized spacial score (nSPS) is 12.3. The topological polar surface area (TPSA) is 29.3 Å². The molecule has 0 saturated heterocycles. The van der Waals surface area contributed by atoms with Crippen LogP contribution < -0.4 is 5.73 Å². The van der Waals surface area contributed by atoms with Crippen molar-refractivity contribution in [3.8, 4) is 0 Å². The maximum absolute atomic E-state index is 5.61. The van der Waals surface area contributed by atoms with Gasteiger partial charge in [0.1, 0.15) is 0 Å². The average Bonchev–Trinajstić information content (AvgIpc) is 2.16. The van der Waals surface area contributed by atoms with Crippen LogP contribution in [-0.4, -0.2) is 24.5 Å². The first-order valence-electron chi connectivity index (χ1n) is 4.78. The lowest BCUT2D eigenvalue weighted by Gasteiger charge is -2.23. The summed E-state index contributed by atoms with van der Waals surface area (Å²) in [5.74, 6) is 0. The Morgan fingerprint density at radius 2 is 2.13 bits per heavy atom. The van der Waals surface area contributed by atoms with Gasteiger partial charge in [-0.15, -0.1) is 12.4 Å². The lowest BCUT2D eigenvalue weighted by atomic mass is 10.2. The van der Waals surface area contributed by atoms with Gasteiger partial charge in [0, 0.05) is 23.6 Å². The predicted molar refractivity (Wildman–Crippen MR) is 71.4 cm³/mol. The van der Waals surface area contributed by atoms with Crippen LogP contribution in [0.1, 0.15) is 12.5 Å². The molecule has 1 aromatic carbocycles. The molecule has 2 nitrogen and oxygen atoms in total. The molecule has 86 valence electrons. The quantitative estimate of drug-likeness (QED) is 0.925. The van der Waals surface area contributed by atoms with Crippen LogP contribution in [0.15, 0.2) is 28.7 Å². The van der Waals surface area contributed by atoms with Gasteiger partial charge in [-0.25, -0.2) is 0 Å². The van der Waals surface area contributed by atoms with Gasteiger partial charge in [-0.3, -0.25) is 4.90 Å². The van der Waals surface area contributed by atoms with Gasteiger partial charge in [0.25, 0.3) is 0 Å². The first kappa shape index (κ1) is 14.9. The van der Waals surface area contributed by atoms with Crippen molar-refractivity contribution in [1.29, 1.82) is 0 Å². The largest absolute Gasteiger partial charge is 0.329 e. The molecule has 0 bridgehead atoms. The first-order valence-corrected chi connectivity index (χ1v) is 5.57. The van der Waals surface area contributed by atoms with Crippen LogP contribution in [0.25, 0.3) is 0 Å². The smallest absolute Gasteiger partial charge is 0.0234 e. The van der Waals surface area contributed by atoms with Crippen molar-refractivity contribution in [3.63, 3.8) is 0 Å². The van der Waals surface area contributed by atoms with Gasteiger partial charge >= 0.3 is 0 Å². The molecule has 0 aliphatic rings. The third kappa shape index (κ3) is 4.98. The molecular weight excluding hydrogens is 275 g/mol.